The topological polar surface area (TPSA) is 9.23 Å². The van der Waals surface area contributed by atoms with Gasteiger partial charge >= 0.3 is 0 Å². The lowest BCUT2D eigenvalue weighted by Crippen LogP contribution is -1.98. The van der Waals surface area contributed by atoms with E-state index in [9.17, 15) is 5.48 Å². The quantitative estimate of drug-likeness (QED) is 0.191. The molecule has 0 fully saturated rings. The second-order valence-corrected chi connectivity index (χ2v) is 11.7. The minimum absolute atomic E-state index is 0.0541. The third-order valence-corrected chi connectivity index (χ3v) is 9.29. The minimum Gasteiger partial charge on any atom is -0.456 e. The zero-order valence-corrected chi connectivity index (χ0v) is 24.1. The highest BCUT2D eigenvalue weighted by Gasteiger charge is 2.22. The fourth-order valence-corrected chi connectivity index (χ4v) is 7.19. The maximum Gasteiger partial charge on any atom is 0.135 e. The average Bonchev–Trinajstić information content (AvgIpc) is 3.14. The molecule has 0 N–H and O–H groups in total. The zero-order valence-electron chi connectivity index (χ0n) is 28.1. The zero-order chi connectivity index (χ0) is 33.0. The summed E-state index contributed by atoms with van der Waals surface area (Å²) < 4.78 is 43.8. The molecule has 208 valence electrons. The molecule has 1 nitrogen and oxygen atoms in total. The molecule has 1 heterocycles. The maximum absolute atomic E-state index is 9.32. The van der Waals surface area contributed by atoms with Crippen LogP contribution in [-0.4, -0.2) is 0 Å². The van der Waals surface area contributed by atoms with Gasteiger partial charge in [0.15, 0.2) is 0 Å². The second kappa shape index (κ2) is 9.29. The number of fused-ring (bicyclic) bond motifs is 2. The van der Waals surface area contributed by atoms with Crippen molar-refractivity contribution >= 4 is 43.1 Å². The molecule has 9 aromatic rings. The molecule has 0 saturated heterocycles. The Morgan fingerprint density at radius 3 is 1.76 bits per heavy atom. The van der Waals surface area contributed by atoms with Gasteiger partial charge < -0.3 is 4.74 Å². The predicted molar refractivity (Wildman–Crippen MR) is 189 cm³/mol. The monoisotopic (exact) mass is 574 g/mol. The van der Waals surface area contributed by atoms with Crippen LogP contribution in [0.3, 0.4) is 0 Å². The van der Waals surface area contributed by atoms with Crippen molar-refractivity contribution in [2.24, 2.45) is 0 Å². The van der Waals surface area contributed by atoms with Gasteiger partial charge in [-0.15, -0.1) is 0 Å². The minimum atomic E-state index is -0.0629. The molecule has 0 amide bonds. The lowest BCUT2D eigenvalue weighted by atomic mass is 9.88. The van der Waals surface area contributed by atoms with Crippen molar-refractivity contribution in [2.45, 2.75) is 0 Å². The van der Waals surface area contributed by atoms with Gasteiger partial charge in [-0.3, -0.25) is 0 Å². The van der Waals surface area contributed by atoms with Gasteiger partial charge in [-0.2, -0.15) is 0 Å². The Morgan fingerprint density at radius 2 is 0.978 bits per heavy atom. The van der Waals surface area contributed by atoms with E-state index < -0.39 is 0 Å². The average molecular weight is 575 g/mol. The highest BCUT2D eigenvalue weighted by atomic mass is 16.5. The van der Waals surface area contributed by atoms with Gasteiger partial charge in [-0.1, -0.05) is 139 Å². The number of rotatable bonds is 3. The largest absolute Gasteiger partial charge is 0.456 e. The van der Waals surface area contributed by atoms with Crippen LogP contribution in [0.5, 0.6) is 11.5 Å². The number of benzene rings is 9. The van der Waals surface area contributed by atoms with Crippen LogP contribution >= 0.6 is 0 Å². The summed E-state index contributed by atoms with van der Waals surface area (Å²) in [5.41, 5.74) is 6.10. The first-order valence-corrected chi connectivity index (χ1v) is 15.2. The molecule has 1 aliphatic heterocycles. The third-order valence-electron chi connectivity index (χ3n) is 9.29. The van der Waals surface area contributed by atoms with Crippen LogP contribution in [0.15, 0.2) is 158 Å². The van der Waals surface area contributed by atoms with Gasteiger partial charge in [0.2, 0.25) is 0 Å². The van der Waals surface area contributed by atoms with Crippen LogP contribution in [0, 0.1) is 0 Å². The first kappa shape index (κ1) is 20.9. The maximum atomic E-state index is 9.32. The summed E-state index contributed by atoms with van der Waals surface area (Å²) in [5.74, 6) is 1.48. The smallest absolute Gasteiger partial charge is 0.135 e. The number of ether oxygens (including phenoxy) is 1. The molecule has 0 bridgehead atoms. The summed E-state index contributed by atoms with van der Waals surface area (Å²) in [4.78, 5) is 0. The molecule has 0 atom stereocenters. The molecule has 10 rings (SSSR count). The van der Waals surface area contributed by atoms with Crippen molar-refractivity contribution in [3.05, 3.63) is 158 Å². The van der Waals surface area contributed by atoms with Crippen molar-refractivity contribution in [2.75, 3.05) is 0 Å². The van der Waals surface area contributed by atoms with Crippen molar-refractivity contribution in [3.8, 4) is 56.0 Å². The van der Waals surface area contributed by atoms with Crippen LogP contribution in [0.2, 0.25) is 0 Å². The number of hydrogen-bond donors (Lipinski definition) is 0. The first-order valence-electron chi connectivity index (χ1n) is 17.2. The Labute approximate surface area is 266 Å². The fraction of sp³-hybridized carbons (Fsp3) is 0. The van der Waals surface area contributed by atoms with Crippen molar-refractivity contribution in [3.63, 3.8) is 0 Å². The summed E-state index contributed by atoms with van der Waals surface area (Å²) in [5, 5.41) is 8.21. The van der Waals surface area contributed by atoms with E-state index in [4.69, 9.17) is 4.74 Å². The summed E-state index contributed by atoms with van der Waals surface area (Å²) in [6, 6.07) is 44.6. The Bertz CT molecular complexity index is 2800. The Hall–Kier alpha value is -5.92. The van der Waals surface area contributed by atoms with Crippen molar-refractivity contribution < 1.29 is 10.2 Å². The van der Waals surface area contributed by atoms with Crippen LogP contribution in [0.1, 0.15) is 5.48 Å². The highest BCUT2D eigenvalue weighted by molar-refractivity contribution is 6.25. The van der Waals surface area contributed by atoms with E-state index >= 15 is 0 Å². The van der Waals surface area contributed by atoms with Gasteiger partial charge in [0.25, 0.3) is 0 Å². The molecule has 0 saturated carbocycles. The molecule has 0 aliphatic carbocycles. The van der Waals surface area contributed by atoms with Crippen LogP contribution in [-0.2, 0) is 0 Å². The summed E-state index contributed by atoms with van der Waals surface area (Å²) in [6.07, 6.45) is 0. The highest BCUT2D eigenvalue weighted by Crippen LogP contribution is 2.49. The standard InChI is InChI=1S/C44H26O/c1-2-6-27(7-3-1)33-20-22-36-38-11-5-10-37-35(24-25-40(44(37)38)45-41(36)26-33)29-14-12-28(13-15-29)34-21-18-32-17-16-30-8-4-9-31-19-23-39(34)43(32)42(30)31/h1-26H/i12D,13D,14D,15D. The molecule has 1 aliphatic rings. The van der Waals surface area contributed by atoms with Gasteiger partial charge in [0.05, 0.1) is 5.48 Å². The van der Waals surface area contributed by atoms with Gasteiger partial charge in [-0.05, 0) is 94.8 Å². The molecule has 1 heteroatoms. The molecular weight excluding hydrogens is 544 g/mol. The van der Waals surface area contributed by atoms with Crippen LogP contribution in [0.4, 0.5) is 0 Å². The molecule has 45 heavy (non-hydrogen) atoms. The van der Waals surface area contributed by atoms with Gasteiger partial charge in [0.1, 0.15) is 11.5 Å². The first-order chi connectivity index (χ1) is 24.0. The SMILES string of the molecule is [2H]c1c([2H])c(-c2ccc3ccc4cccc5ccc2c3c45)c([2H])c([2H])c1-c1ccc2c3c(cccc13)-c1ccc(-c3ccccc3)cc1O2. The van der Waals surface area contributed by atoms with E-state index in [0.29, 0.717) is 22.4 Å². The fourth-order valence-electron chi connectivity index (χ4n) is 7.19. The van der Waals surface area contributed by atoms with Gasteiger partial charge in [-0.25, -0.2) is 0 Å². The molecule has 0 unspecified atom stereocenters. The molecule has 9 aromatic carbocycles. The number of hydrogen-bond acceptors (Lipinski definition) is 1. The Balaban J connectivity index is 1.16. The van der Waals surface area contributed by atoms with Crippen molar-refractivity contribution in [1.29, 1.82) is 0 Å². The van der Waals surface area contributed by atoms with E-state index in [1.54, 1.807) is 0 Å². The summed E-state index contributed by atoms with van der Waals surface area (Å²) >= 11 is 0. The Morgan fingerprint density at radius 1 is 0.356 bits per heavy atom. The molecule has 0 spiro atoms. The lowest BCUT2D eigenvalue weighted by Gasteiger charge is -2.23. The predicted octanol–water partition coefficient (Wildman–Crippen LogP) is 12.5. The van der Waals surface area contributed by atoms with Crippen LogP contribution in [0.25, 0.3) is 87.6 Å². The third kappa shape index (κ3) is 3.62. The van der Waals surface area contributed by atoms with Gasteiger partial charge in [0, 0.05) is 10.9 Å². The van der Waals surface area contributed by atoms with E-state index in [2.05, 4.69) is 72.8 Å². The normalized spacial score (nSPS) is 13.4. The molecule has 0 aromatic heterocycles. The van der Waals surface area contributed by atoms with E-state index in [1.807, 2.05) is 60.7 Å². The summed E-state index contributed by atoms with van der Waals surface area (Å²) in [6.45, 7) is 0. The second-order valence-electron chi connectivity index (χ2n) is 11.7. The molecule has 0 radical (unpaired) electrons. The van der Waals surface area contributed by atoms with Crippen LogP contribution < -0.4 is 4.74 Å². The van der Waals surface area contributed by atoms with E-state index in [-0.39, 0.29) is 29.7 Å². The van der Waals surface area contributed by atoms with E-state index in [0.717, 1.165) is 71.1 Å². The van der Waals surface area contributed by atoms with Crippen molar-refractivity contribution in [1.82, 2.24) is 0 Å². The lowest BCUT2D eigenvalue weighted by molar-refractivity contribution is 0.487. The molecular formula is C44H26O. The Kier molecular flexibility index (Phi) is 4.31. The van der Waals surface area contributed by atoms with E-state index in [1.165, 1.54) is 0 Å². The summed E-state index contributed by atoms with van der Waals surface area (Å²) in [7, 11) is 0.